The van der Waals surface area contributed by atoms with Gasteiger partial charge >= 0.3 is 0 Å². The van der Waals surface area contributed by atoms with Crippen molar-refractivity contribution in [1.29, 1.82) is 0 Å². The molecule has 0 radical (unpaired) electrons. The van der Waals surface area contributed by atoms with E-state index in [4.69, 9.17) is 14.2 Å². The molecular formula is C16H19N3O3. The molecule has 22 heavy (non-hydrogen) atoms. The molecule has 2 fully saturated rings. The van der Waals surface area contributed by atoms with Crippen LogP contribution in [0.5, 0.6) is 11.5 Å². The summed E-state index contributed by atoms with van der Waals surface area (Å²) in [6.07, 6.45) is 4.06. The Labute approximate surface area is 129 Å². The molecular weight excluding hydrogens is 282 g/mol. The number of aromatic nitrogens is 2. The number of hydrogen-bond acceptors (Lipinski definition) is 6. The fourth-order valence-corrected chi connectivity index (χ4v) is 3.62. The molecule has 2 aliphatic rings. The van der Waals surface area contributed by atoms with E-state index in [0.717, 1.165) is 42.7 Å². The fourth-order valence-electron chi connectivity index (χ4n) is 3.62. The van der Waals surface area contributed by atoms with Crippen molar-refractivity contribution >= 4 is 16.7 Å². The number of hydrogen-bond donors (Lipinski definition) is 0. The van der Waals surface area contributed by atoms with E-state index in [9.17, 15) is 0 Å². The van der Waals surface area contributed by atoms with Crippen LogP contribution in [0.4, 0.5) is 5.82 Å². The largest absolute Gasteiger partial charge is 0.493 e. The van der Waals surface area contributed by atoms with Crippen molar-refractivity contribution in [3.8, 4) is 11.5 Å². The van der Waals surface area contributed by atoms with E-state index in [1.807, 2.05) is 12.1 Å². The standard InChI is InChI=1S/C16H19N3O3/c1-20-13-4-3-10-14(15(13)21-2)17-9-18-16(10)19-7-5-12-11(19)6-8-22-12/h3-4,9,11-12H,5-8H2,1-2H3/t11-,12-/m0/s1. The zero-order valence-corrected chi connectivity index (χ0v) is 12.8. The van der Waals surface area contributed by atoms with Gasteiger partial charge in [-0.25, -0.2) is 9.97 Å². The van der Waals surface area contributed by atoms with Crippen LogP contribution in [0.15, 0.2) is 18.5 Å². The minimum atomic E-state index is 0.338. The SMILES string of the molecule is COc1ccc2c(N3CC[C@@H]4OCC[C@@H]43)ncnc2c1OC. The van der Waals surface area contributed by atoms with Gasteiger partial charge in [0.25, 0.3) is 0 Å². The number of methoxy groups -OCH3 is 2. The second-order valence-electron chi connectivity index (χ2n) is 5.64. The number of fused-ring (bicyclic) bond motifs is 2. The van der Waals surface area contributed by atoms with Crippen LogP contribution in [0, 0.1) is 0 Å². The highest BCUT2D eigenvalue weighted by Gasteiger charge is 2.40. The highest BCUT2D eigenvalue weighted by molar-refractivity contribution is 5.95. The Morgan fingerprint density at radius 3 is 2.91 bits per heavy atom. The third kappa shape index (κ3) is 1.90. The molecule has 0 spiro atoms. The average Bonchev–Trinajstić information content (AvgIpc) is 3.16. The molecule has 6 heteroatoms. The Kier molecular flexibility index (Phi) is 3.26. The molecule has 2 aliphatic heterocycles. The third-order valence-corrected chi connectivity index (χ3v) is 4.63. The molecule has 4 rings (SSSR count). The summed E-state index contributed by atoms with van der Waals surface area (Å²) in [5, 5.41) is 0.993. The van der Waals surface area contributed by atoms with E-state index in [0.29, 0.717) is 23.6 Å². The Hall–Kier alpha value is -2.08. The number of ether oxygens (including phenoxy) is 3. The van der Waals surface area contributed by atoms with Crippen LogP contribution >= 0.6 is 0 Å². The van der Waals surface area contributed by atoms with Crippen LogP contribution in [0.25, 0.3) is 10.9 Å². The first-order valence-electron chi connectivity index (χ1n) is 7.57. The molecule has 3 heterocycles. The van der Waals surface area contributed by atoms with Gasteiger partial charge in [0, 0.05) is 18.5 Å². The Morgan fingerprint density at radius 1 is 1.18 bits per heavy atom. The Bertz CT molecular complexity index is 706. The molecule has 0 unspecified atom stereocenters. The lowest BCUT2D eigenvalue weighted by molar-refractivity contribution is 0.113. The average molecular weight is 301 g/mol. The summed E-state index contributed by atoms with van der Waals surface area (Å²) in [4.78, 5) is 11.3. The molecule has 6 nitrogen and oxygen atoms in total. The number of benzene rings is 1. The van der Waals surface area contributed by atoms with Crippen LogP contribution in [-0.4, -0.2) is 49.5 Å². The first kappa shape index (κ1) is 13.6. The van der Waals surface area contributed by atoms with Gasteiger partial charge in [0.2, 0.25) is 0 Å². The molecule has 0 bridgehead atoms. The molecule has 0 aliphatic carbocycles. The summed E-state index contributed by atoms with van der Waals surface area (Å²) >= 11 is 0. The first-order valence-corrected chi connectivity index (χ1v) is 7.57. The zero-order chi connectivity index (χ0) is 15.1. The van der Waals surface area contributed by atoms with Gasteiger partial charge in [-0.3, -0.25) is 0 Å². The second-order valence-corrected chi connectivity index (χ2v) is 5.64. The van der Waals surface area contributed by atoms with E-state index >= 15 is 0 Å². The highest BCUT2D eigenvalue weighted by Crippen LogP contribution is 2.40. The van der Waals surface area contributed by atoms with E-state index < -0.39 is 0 Å². The van der Waals surface area contributed by atoms with Gasteiger partial charge in [-0.2, -0.15) is 0 Å². The van der Waals surface area contributed by atoms with Gasteiger partial charge in [0.15, 0.2) is 11.5 Å². The third-order valence-electron chi connectivity index (χ3n) is 4.63. The van der Waals surface area contributed by atoms with Gasteiger partial charge < -0.3 is 19.1 Å². The summed E-state index contributed by atoms with van der Waals surface area (Å²) in [7, 11) is 3.27. The van der Waals surface area contributed by atoms with Crippen LogP contribution in [0.2, 0.25) is 0 Å². The minimum Gasteiger partial charge on any atom is -0.493 e. The smallest absolute Gasteiger partial charge is 0.187 e. The van der Waals surface area contributed by atoms with Crippen LogP contribution < -0.4 is 14.4 Å². The normalized spacial score (nSPS) is 23.8. The van der Waals surface area contributed by atoms with Crippen molar-refractivity contribution < 1.29 is 14.2 Å². The van der Waals surface area contributed by atoms with Gasteiger partial charge in [-0.1, -0.05) is 0 Å². The molecule has 2 atom stereocenters. The van der Waals surface area contributed by atoms with E-state index in [2.05, 4.69) is 14.9 Å². The Morgan fingerprint density at radius 2 is 2.09 bits per heavy atom. The summed E-state index contributed by atoms with van der Waals surface area (Å²) in [6.45, 7) is 1.81. The topological polar surface area (TPSA) is 56.7 Å². The summed E-state index contributed by atoms with van der Waals surface area (Å²) in [5.74, 6) is 2.30. The molecule has 0 saturated carbocycles. The van der Waals surface area contributed by atoms with Crippen LogP contribution in [-0.2, 0) is 4.74 Å². The molecule has 116 valence electrons. The van der Waals surface area contributed by atoms with Crippen LogP contribution in [0.3, 0.4) is 0 Å². The predicted molar refractivity (Wildman–Crippen MR) is 82.8 cm³/mol. The molecule has 1 aromatic carbocycles. The second kappa shape index (κ2) is 5.28. The summed E-state index contributed by atoms with van der Waals surface area (Å²) in [5.41, 5.74) is 0.786. The molecule has 2 saturated heterocycles. The number of rotatable bonds is 3. The molecule has 1 aromatic heterocycles. The van der Waals surface area contributed by atoms with E-state index in [1.54, 1.807) is 20.5 Å². The maximum Gasteiger partial charge on any atom is 0.187 e. The monoisotopic (exact) mass is 301 g/mol. The fraction of sp³-hybridized carbons (Fsp3) is 0.500. The summed E-state index contributed by atoms with van der Waals surface area (Å²) in [6, 6.07) is 4.34. The highest BCUT2D eigenvalue weighted by atomic mass is 16.5. The maximum absolute atomic E-state index is 5.79. The van der Waals surface area contributed by atoms with Crippen molar-refractivity contribution in [2.45, 2.75) is 25.0 Å². The van der Waals surface area contributed by atoms with Crippen molar-refractivity contribution in [2.75, 3.05) is 32.3 Å². The van der Waals surface area contributed by atoms with Crippen molar-refractivity contribution in [3.05, 3.63) is 18.5 Å². The van der Waals surface area contributed by atoms with Crippen molar-refractivity contribution in [3.63, 3.8) is 0 Å². The van der Waals surface area contributed by atoms with Crippen molar-refractivity contribution in [1.82, 2.24) is 9.97 Å². The molecule has 2 aromatic rings. The van der Waals surface area contributed by atoms with Crippen molar-refractivity contribution in [2.24, 2.45) is 0 Å². The lowest BCUT2D eigenvalue weighted by Crippen LogP contribution is -2.32. The minimum absolute atomic E-state index is 0.338. The van der Waals surface area contributed by atoms with Gasteiger partial charge in [0.1, 0.15) is 17.7 Å². The number of anilines is 1. The maximum atomic E-state index is 5.79. The van der Waals surface area contributed by atoms with Crippen LogP contribution in [0.1, 0.15) is 12.8 Å². The first-order chi connectivity index (χ1) is 10.8. The van der Waals surface area contributed by atoms with Gasteiger partial charge in [-0.05, 0) is 25.0 Å². The van der Waals surface area contributed by atoms with Gasteiger partial charge in [-0.15, -0.1) is 0 Å². The molecule has 0 amide bonds. The zero-order valence-electron chi connectivity index (χ0n) is 12.8. The van der Waals surface area contributed by atoms with Gasteiger partial charge in [0.05, 0.1) is 26.4 Å². The Balaban J connectivity index is 1.85. The number of nitrogens with zero attached hydrogens (tertiary/aromatic N) is 3. The lowest BCUT2D eigenvalue weighted by Gasteiger charge is -2.25. The lowest BCUT2D eigenvalue weighted by atomic mass is 10.1. The predicted octanol–water partition coefficient (Wildman–Crippen LogP) is 2.01. The summed E-state index contributed by atoms with van der Waals surface area (Å²) < 4.78 is 16.6. The molecule has 0 N–H and O–H groups in total. The van der Waals surface area contributed by atoms with E-state index in [1.165, 1.54) is 0 Å². The van der Waals surface area contributed by atoms with E-state index in [-0.39, 0.29) is 0 Å². The quantitative estimate of drug-likeness (QED) is 0.864.